The van der Waals surface area contributed by atoms with Gasteiger partial charge in [0.05, 0.1) is 17.5 Å². The van der Waals surface area contributed by atoms with E-state index < -0.39 is 0 Å². The van der Waals surface area contributed by atoms with Crippen LogP contribution in [0.5, 0.6) is 0 Å². The molecule has 2 aromatic rings. The van der Waals surface area contributed by atoms with E-state index in [1.165, 1.54) is 0 Å². The molecule has 0 aliphatic heterocycles. The number of carbonyl (C=O) groups is 1. The van der Waals surface area contributed by atoms with Crippen LogP contribution in [-0.2, 0) is 6.42 Å². The number of nitrogens with zero attached hydrogens (tertiary/aromatic N) is 4. The Hall–Kier alpha value is -2.04. The first-order valence-electron chi connectivity index (χ1n) is 5.74. The SMILES string of the molecule is O=C1CCCCc2c1cnn2-c1ncccn1. The molecular formula is C12H12N4O. The summed E-state index contributed by atoms with van der Waals surface area (Å²) in [5.74, 6) is 0.711. The molecule has 3 rings (SSSR count). The van der Waals surface area contributed by atoms with Crippen LogP contribution in [0, 0.1) is 0 Å². The Labute approximate surface area is 98.5 Å². The second kappa shape index (κ2) is 4.08. The van der Waals surface area contributed by atoms with E-state index in [1.54, 1.807) is 29.3 Å². The number of Topliss-reactive ketones (excluding diaryl/α,β-unsaturated/α-hetero) is 1. The number of fused-ring (bicyclic) bond motifs is 1. The predicted molar refractivity (Wildman–Crippen MR) is 61.0 cm³/mol. The monoisotopic (exact) mass is 228 g/mol. The molecule has 0 bridgehead atoms. The van der Waals surface area contributed by atoms with Gasteiger partial charge in [-0.1, -0.05) is 0 Å². The maximum atomic E-state index is 11.9. The third kappa shape index (κ3) is 1.73. The first-order valence-corrected chi connectivity index (χ1v) is 5.74. The number of aromatic nitrogens is 4. The maximum absolute atomic E-state index is 11.9. The Morgan fingerprint density at radius 3 is 2.71 bits per heavy atom. The third-order valence-corrected chi connectivity index (χ3v) is 2.98. The van der Waals surface area contributed by atoms with E-state index >= 15 is 0 Å². The van der Waals surface area contributed by atoms with E-state index in [1.807, 2.05) is 0 Å². The fourth-order valence-electron chi connectivity index (χ4n) is 2.13. The lowest BCUT2D eigenvalue weighted by Crippen LogP contribution is -2.07. The van der Waals surface area contributed by atoms with E-state index in [2.05, 4.69) is 15.1 Å². The van der Waals surface area contributed by atoms with Crippen molar-refractivity contribution in [3.05, 3.63) is 35.9 Å². The van der Waals surface area contributed by atoms with Gasteiger partial charge in [-0.05, 0) is 25.3 Å². The summed E-state index contributed by atoms with van der Waals surface area (Å²) >= 11 is 0. The molecule has 0 aromatic carbocycles. The lowest BCUT2D eigenvalue weighted by molar-refractivity contribution is 0.0982. The molecule has 1 aliphatic rings. The minimum Gasteiger partial charge on any atom is -0.294 e. The van der Waals surface area contributed by atoms with Gasteiger partial charge in [-0.2, -0.15) is 5.10 Å². The smallest absolute Gasteiger partial charge is 0.250 e. The van der Waals surface area contributed by atoms with Crippen LogP contribution in [0.25, 0.3) is 5.95 Å². The standard InChI is InChI=1S/C12H12N4O/c17-11-5-2-1-4-10-9(11)8-15-16(10)12-13-6-3-7-14-12/h3,6-8H,1-2,4-5H2. The Kier molecular flexibility index (Phi) is 2.44. The second-order valence-electron chi connectivity index (χ2n) is 4.10. The van der Waals surface area contributed by atoms with Crippen LogP contribution < -0.4 is 0 Å². The van der Waals surface area contributed by atoms with Gasteiger partial charge in [0, 0.05) is 18.8 Å². The van der Waals surface area contributed by atoms with Crippen LogP contribution in [0.4, 0.5) is 0 Å². The highest BCUT2D eigenvalue weighted by molar-refractivity contribution is 5.97. The second-order valence-corrected chi connectivity index (χ2v) is 4.10. The fourth-order valence-corrected chi connectivity index (χ4v) is 2.13. The molecular weight excluding hydrogens is 216 g/mol. The first kappa shape index (κ1) is 10.1. The van der Waals surface area contributed by atoms with E-state index in [0.717, 1.165) is 30.5 Å². The molecule has 0 N–H and O–H groups in total. The molecule has 0 spiro atoms. The summed E-state index contributed by atoms with van der Waals surface area (Å²) in [4.78, 5) is 20.2. The van der Waals surface area contributed by atoms with Gasteiger partial charge in [0.1, 0.15) is 0 Å². The van der Waals surface area contributed by atoms with Crippen LogP contribution in [0.15, 0.2) is 24.7 Å². The van der Waals surface area contributed by atoms with Crippen molar-refractivity contribution in [3.63, 3.8) is 0 Å². The van der Waals surface area contributed by atoms with Gasteiger partial charge >= 0.3 is 0 Å². The third-order valence-electron chi connectivity index (χ3n) is 2.98. The number of ketones is 1. The zero-order chi connectivity index (χ0) is 11.7. The minimum absolute atomic E-state index is 0.180. The van der Waals surface area contributed by atoms with Crippen molar-refractivity contribution in [2.24, 2.45) is 0 Å². The van der Waals surface area contributed by atoms with Crippen LogP contribution >= 0.6 is 0 Å². The summed E-state index contributed by atoms with van der Waals surface area (Å²) in [6.45, 7) is 0. The first-order chi connectivity index (χ1) is 8.36. The summed E-state index contributed by atoms with van der Waals surface area (Å²) in [7, 11) is 0. The van der Waals surface area contributed by atoms with E-state index in [4.69, 9.17) is 0 Å². The van der Waals surface area contributed by atoms with E-state index in [9.17, 15) is 4.79 Å². The van der Waals surface area contributed by atoms with Crippen LogP contribution in [0.1, 0.15) is 35.3 Å². The van der Waals surface area contributed by atoms with Crippen molar-refractivity contribution in [3.8, 4) is 5.95 Å². The summed E-state index contributed by atoms with van der Waals surface area (Å²) in [6.07, 6.45) is 8.43. The molecule has 0 radical (unpaired) electrons. The summed E-state index contributed by atoms with van der Waals surface area (Å²) in [6, 6.07) is 1.76. The fraction of sp³-hybridized carbons (Fsp3) is 0.333. The number of carbonyl (C=O) groups excluding carboxylic acids is 1. The number of rotatable bonds is 1. The molecule has 0 saturated carbocycles. The van der Waals surface area contributed by atoms with Crippen molar-refractivity contribution in [1.29, 1.82) is 0 Å². The molecule has 2 heterocycles. The summed E-state index contributed by atoms with van der Waals surface area (Å²) < 4.78 is 1.68. The van der Waals surface area contributed by atoms with Gasteiger partial charge in [0.25, 0.3) is 5.95 Å². The lowest BCUT2D eigenvalue weighted by atomic mass is 10.1. The van der Waals surface area contributed by atoms with E-state index in [0.29, 0.717) is 12.4 Å². The normalized spacial score (nSPS) is 15.4. The van der Waals surface area contributed by atoms with Gasteiger partial charge in [-0.25, -0.2) is 14.6 Å². The Bertz CT molecular complexity index is 547. The zero-order valence-electron chi connectivity index (χ0n) is 9.33. The van der Waals surface area contributed by atoms with E-state index in [-0.39, 0.29) is 5.78 Å². The highest BCUT2D eigenvalue weighted by Crippen LogP contribution is 2.21. The zero-order valence-corrected chi connectivity index (χ0v) is 9.33. The molecule has 17 heavy (non-hydrogen) atoms. The quantitative estimate of drug-likeness (QED) is 0.695. The maximum Gasteiger partial charge on any atom is 0.250 e. The van der Waals surface area contributed by atoms with Gasteiger partial charge in [-0.3, -0.25) is 4.79 Å². The number of hydrogen-bond acceptors (Lipinski definition) is 4. The van der Waals surface area contributed by atoms with Crippen LogP contribution in [-0.4, -0.2) is 25.5 Å². The van der Waals surface area contributed by atoms with Crippen molar-refractivity contribution >= 4 is 5.78 Å². The molecule has 2 aromatic heterocycles. The Morgan fingerprint density at radius 1 is 1.12 bits per heavy atom. The molecule has 86 valence electrons. The number of hydrogen-bond donors (Lipinski definition) is 0. The van der Waals surface area contributed by atoms with Gasteiger partial charge in [-0.15, -0.1) is 0 Å². The average molecular weight is 228 g/mol. The molecule has 0 fully saturated rings. The molecule has 1 aliphatic carbocycles. The molecule has 0 saturated heterocycles. The van der Waals surface area contributed by atoms with Crippen molar-refractivity contribution < 1.29 is 4.79 Å². The molecule has 0 unspecified atom stereocenters. The minimum atomic E-state index is 0.180. The largest absolute Gasteiger partial charge is 0.294 e. The summed E-state index contributed by atoms with van der Waals surface area (Å²) in [5.41, 5.74) is 1.67. The topological polar surface area (TPSA) is 60.7 Å². The van der Waals surface area contributed by atoms with Gasteiger partial charge < -0.3 is 0 Å². The highest BCUT2D eigenvalue weighted by Gasteiger charge is 2.21. The molecule has 0 amide bonds. The lowest BCUT2D eigenvalue weighted by Gasteiger charge is -2.04. The van der Waals surface area contributed by atoms with Crippen molar-refractivity contribution in [2.45, 2.75) is 25.7 Å². The molecule has 5 heteroatoms. The molecule has 5 nitrogen and oxygen atoms in total. The Morgan fingerprint density at radius 2 is 1.88 bits per heavy atom. The molecule has 0 atom stereocenters. The summed E-state index contributed by atoms with van der Waals surface area (Å²) in [5, 5.41) is 4.23. The highest BCUT2D eigenvalue weighted by atomic mass is 16.1. The average Bonchev–Trinajstić information content (AvgIpc) is 2.71. The van der Waals surface area contributed by atoms with Gasteiger partial charge in [0.2, 0.25) is 0 Å². The van der Waals surface area contributed by atoms with Crippen molar-refractivity contribution in [2.75, 3.05) is 0 Å². The van der Waals surface area contributed by atoms with Crippen LogP contribution in [0.3, 0.4) is 0 Å². The van der Waals surface area contributed by atoms with Gasteiger partial charge in [0.15, 0.2) is 5.78 Å². The predicted octanol–water partition coefficient (Wildman–Crippen LogP) is 1.57. The van der Waals surface area contributed by atoms with Crippen molar-refractivity contribution in [1.82, 2.24) is 19.7 Å². The Balaban J connectivity index is 2.11. The van der Waals surface area contributed by atoms with Crippen LogP contribution in [0.2, 0.25) is 0 Å².